The Morgan fingerprint density at radius 2 is 1.94 bits per heavy atom. The number of hydrogen-bond acceptors (Lipinski definition) is 6. The van der Waals surface area contributed by atoms with Gasteiger partial charge in [0.2, 0.25) is 5.95 Å². The number of aliphatic hydroxyl groups is 1. The van der Waals surface area contributed by atoms with Crippen molar-refractivity contribution >= 4 is 17.7 Å². The van der Waals surface area contributed by atoms with Crippen LogP contribution >= 0.6 is 0 Å². The van der Waals surface area contributed by atoms with Gasteiger partial charge in [0, 0.05) is 37.6 Å². The van der Waals surface area contributed by atoms with Crippen LogP contribution in [0.4, 0.5) is 11.8 Å². The highest BCUT2D eigenvalue weighted by Gasteiger charge is 2.26. The number of carbonyl (C=O) groups excluding carboxylic acids is 1. The van der Waals surface area contributed by atoms with Crippen molar-refractivity contribution in [2.75, 3.05) is 30.0 Å². The van der Waals surface area contributed by atoms with Crippen LogP contribution in [0.3, 0.4) is 0 Å². The summed E-state index contributed by atoms with van der Waals surface area (Å²) in [5.74, 6) is 1.49. The number of anilines is 2. The normalized spacial score (nSPS) is 22.1. The van der Waals surface area contributed by atoms with Gasteiger partial charge in [-0.25, -0.2) is 4.98 Å². The van der Waals surface area contributed by atoms with Crippen LogP contribution in [0.5, 0.6) is 0 Å². The van der Waals surface area contributed by atoms with Gasteiger partial charge in [0.15, 0.2) is 0 Å². The van der Waals surface area contributed by atoms with E-state index in [2.05, 4.69) is 10.3 Å². The van der Waals surface area contributed by atoms with Crippen LogP contribution in [-0.4, -0.2) is 52.9 Å². The third kappa shape index (κ3) is 5.80. The van der Waals surface area contributed by atoms with Gasteiger partial charge in [-0.1, -0.05) is 17.7 Å². The number of aryl methyl sites for hydroxylation is 1. The Balaban J connectivity index is 1.56. The molecule has 166 valence electrons. The van der Waals surface area contributed by atoms with Crippen LogP contribution < -0.4 is 10.2 Å². The van der Waals surface area contributed by atoms with E-state index in [0.29, 0.717) is 29.8 Å². The van der Waals surface area contributed by atoms with Crippen molar-refractivity contribution in [3.63, 3.8) is 0 Å². The van der Waals surface area contributed by atoms with Gasteiger partial charge < -0.3 is 15.2 Å². The number of hydrogen-bond donors (Lipinski definition) is 2. The quantitative estimate of drug-likeness (QED) is 0.737. The van der Waals surface area contributed by atoms with E-state index in [1.54, 1.807) is 11.1 Å². The maximum Gasteiger partial charge on any atom is 0.259 e. The molecule has 1 aromatic carbocycles. The van der Waals surface area contributed by atoms with E-state index >= 15 is 0 Å². The molecule has 0 unspecified atom stereocenters. The lowest BCUT2D eigenvalue weighted by Gasteiger charge is -2.30. The van der Waals surface area contributed by atoms with E-state index in [1.807, 2.05) is 37.3 Å². The smallest absolute Gasteiger partial charge is 0.259 e. The molecule has 1 aromatic heterocycles. The topological polar surface area (TPSA) is 87.6 Å². The first-order valence-electron chi connectivity index (χ1n) is 11.3. The van der Waals surface area contributed by atoms with Crippen LogP contribution in [0, 0.1) is 12.8 Å². The van der Waals surface area contributed by atoms with Gasteiger partial charge in [-0.3, -0.25) is 9.69 Å². The van der Waals surface area contributed by atoms with Crippen LogP contribution in [0.25, 0.3) is 0 Å². The second kappa shape index (κ2) is 10.2. The number of carbonyl (C=O) groups is 1. The molecule has 0 radical (unpaired) electrons. The van der Waals surface area contributed by atoms with Crippen LogP contribution in [-0.2, 0) is 4.74 Å². The van der Waals surface area contributed by atoms with Crippen molar-refractivity contribution < 1.29 is 14.6 Å². The fourth-order valence-corrected chi connectivity index (χ4v) is 4.37. The molecule has 2 aliphatic rings. The summed E-state index contributed by atoms with van der Waals surface area (Å²) in [5, 5.41) is 13.1. The number of ether oxygens (including phenoxy) is 1. The average molecular weight is 425 g/mol. The van der Waals surface area contributed by atoms with Crippen molar-refractivity contribution in [1.82, 2.24) is 9.97 Å². The van der Waals surface area contributed by atoms with E-state index in [1.165, 1.54) is 0 Å². The van der Waals surface area contributed by atoms with Crippen molar-refractivity contribution in [3.8, 4) is 0 Å². The lowest BCUT2D eigenvalue weighted by atomic mass is 9.93. The lowest BCUT2D eigenvalue weighted by molar-refractivity contribution is 0.0668. The summed E-state index contributed by atoms with van der Waals surface area (Å²) in [7, 11) is 0. The van der Waals surface area contributed by atoms with E-state index in [9.17, 15) is 9.90 Å². The van der Waals surface area contributed by atoms with Gasteiger partial charge in [-0.15, -0.1) is 0 Å². The van der Waals surface area contributed by atoms with Crippen molar-refractivity contribution in [2.24, 2.45) is 5.92 Å². The minimum Gasteiger partial charge on any atom is -0.393 e. The fourth-order valence-electron chi connectivity index (χ4n) is 4.37. The van der Waals surface area contributed by atoms with Gasteiger partial charge in [0.05, 0.1) is 6.10 Å². The van der Waals surface area contributed by atoms with E-state index in [4.69, 9.17) is 9.72 Å². The van der Waals surface area contributed by atoms with Crippen molar-refractivity contribution in [1.29, 1.82) is 0 Å². The molecule has 7 nitrogen and oxygen atoms in total. The molecule has 2 fully saturated rings. The first-order valence-corrected chi connectivity index (χ1v) is 11.3. The van der Waals surface area contributed by atoms with Crippen molar-refractivity contribution in [2.45, 2.75) is 57.6 Å². The third-order valence-electron chi connectivity index (χ3n) is 6.24. The molecule has 2 aromatic rings. The molecule has 0 bridgehead atoms. The second-order valence-electron chi connectivity index (χ2n) is 8.73. The number of rotatable bonds is 6. The molecule has 1 saturated carbocycles. The van der Waals surface area contributed by atoms with Crippen molar-refractivity contribution in [3.05, 3.63) is 47.7 Å². The molecule has 0 atom stereocenters. The number of amides is 1. The zero-order valence-electron chi connectivity index (χ0n) is 18.2. The SMILES string of the molecule is Cc1cccc(C(=O)N(CC2CCOCC2)c2ccnc(NC3CCC(O)CC3)n2)c1. The number of nitrogens with zero attached hydrogens (tertiary/aromatic N) is 3. The number of nitrogens with one attached hydrogen (secondary N) is 1. The highest BCUT2D eigenvalue weighted by atomic mass is 16.5. The van der Waals surface area contributed by atoms with Crippen LogP contribution in [0.2, 0.25) is 0 Å². The summed E-state index contributed by atoms with van der Waals surface area (Å²) in [6, 6.07) is 9.75. The maximum atomic E-state index is 13.5. The minimum absolute atomic E-state index is 0.0411. The first-order chi connectivity index (χ1) is 15.1. The molecule has 31 heavy (non-hydrogen) atoms. The molecular formula is C24H32N4O3. The first kappa shape index (κ1) is 21.7. The van der Waals surface area contributed by atoms with Gasteiger partial charge >= 0.3 is 0 Å². The zero-order valence-corrected chi connectivity index (χ0v) is 18.2. The Morgan fingerprint density at radius 3 is 2.68 bits per heavy atom. The molecule has 1 saturated heterocycles. The largest absolute Gasteiger partial charge is 0.393 e. The second-order valence-corrected chi connectivity index (χ2v) is 8.73. The van der Waals surface area contributed by atoms with Gasteiger partial charge in [0.25, 0.3) is 5.91 Å². The van der Waals surface area contributed by atoms with E-state index in [-0.39, 0.29) is 18.1 Å². The molecule has 1 aliphatic carbocycles. The predicted octanol–water partition coefficient (Wildman–Crippen LogP) is 3.57. The van der Waals surface area contributed by atoms with Crippen LogP contribution in [0.15, 0.2) is 36.5 Å². The fraction of sp³-hybridized carbons (Fsp3) is 0.542. The summed E-state index contributed by atoms with van der Waals surface area (Å²) in [5.41, 5.74) is 1.72. The molecule has 2 heterocycles. The summed E-state index contributed by atoms with van der Waals surface area (Å²) in [6.07, 6.45) is 6.76. The Kier molecular flexibility index (Phi) is 7.14. The third-order valence-corrected chi connectivity index (χ3v) is 6.24. The Bertz CT molecular complexity index is 877. The van der Waals surface area contributed by atoms with Gasteiger partial charge in [-0.05, 0) is 69.6 Å². The monoisotopic (exact) mass is 424 g/mol. The molecule has 4 rings (SSSR count). The van der Waals surface area contributed by atoms with Gasteiger partial charge in [-0.2, -0.15) is 4.98 Å². The van der Waals surface area contributed by atoms with E-state index in [0.717, 1.165) is 57.3 Å². The Hall–Kier alpha value is -2.51. The highest BCUT2D eigenvalue weighted by Crippen LogP contribution is 2.24. The minimum atomic E-state index is -0.202. The average Bonchev–Trinajstić information content (AvgIpc) is 2.79. The summed E-state index contributed by atoms with van der Waals surface area (Å²) >= 11 is 0. The van der Waals surface area contributed by atoms with E-state index < -0.39 is 0 Å². The van der Waals surface area contributed by atoms with Gasteiger partial charge in [0.1, 0.15) is 5.82 Å². The van der Waals surface area contributed by atoms with Crippen LogP contribution in [0.1, 0.15) is 54.4 Å². The Labute approximate surface area is 183 Å². The predicted molar refractivity (Wildman–Crippen MR) is 120 cm³/mol. The summed E-state index contributed by atoms with van der Waals surface area (Å²) in [6.45, 7) is 4.08. The molecule has 2 N–H and O–H groups in total. The molecular weight excluding hydrogens is 392 g/mol. The summed E-state index contributed by atoms with van der Waals surface area (Å²) in [4.78, 5) is 24.4. The number of benzene rings is 1. The number of aliphatic hydroxyl groups excluding tert-OH is 1. The standard InChI is InChI=1S/C24H32N4O3/c1-17-3-2-4-19(15-17)23(30)28(16-18-10-13-31-14-11-18)22-9-12-25-24(27-22)26-20-5-7-21(29)8-6-20/h2-4,9,12,15,18,20-21,29H,5-8,10-11,13-14,16H2,1H3,(H,25,26,27). The molecule has 0 spiro atoms. The molecule has 1 aliphatic heterocycles. The maximum absolute atomic E-state index is 13.5. The lowest BCUT2D eigenvalue weighted by Crippen LogP contribution is -2.38. The Morgan fingerprint density at radius 1 is 1.16 bits per heavy atom. The summed E-state index contributed by atoms with van der Waals surface area (Å²) < 4.78 is 5.50. The zero-order chi connectivity index (χ0) is 21.6. The highest BCUT2D eigenvalue weighted by molar-refractivity contribution is 6.05. The molecule has 1 amide bonds. The molecule has 7 heteroatoms. The number of aromatic nitrogens is 2.